The van der Waals surface area contributed by atoms with Gasteiger partial charge in [0.25, 0.3) is 0 Å². The van der Waals surface area contributed by atoms with Crippen LogP contribution >= 0.6 is 11.8 Å². The molecule has 114 valence electrons. The SMILES string of the molecule is CCNC(=NCC(C)(C)SC)NCCN(CC)CC. The largest absolute Gasteiger partial charge is 0.357 e. The molecule has 0 saturated carbocycles. The molecule has 0 aliphatic carbocycles. The van der Waals surface area contributed by atoms with Crippen molar-refractivity contribution in [2.24, 2.45) is 4.99 Å². The van der Waals surface area contributed by atoms with E-state index in [9.17, 15) is 0 Å². The van der Waals surface area contributed by atoms with E-state index in [1.165, 1.54) is 0 Å². The van der Waals surface area contributed by atoms with Crippen LogP contribution in [0.4, 0.5) is 0 Å². The first-order valence-corrected chi connectivity index (χ1v) is 8.51. The highest BCUT2D eigenvalue weighted by Crippen LogP contribution is 2.20. The van der Waals surface area contributed by atoms with E-state index in [2.05, 4.69) is 61.4 Å². The summed E-state index contributed by atoms with van der Waals surface area (Å²) in [5.74, 6) is 0.928. The summed E-state index contributed by atoms with van der Waals surface area (Å²) in [7, 11) is 0. The summed E-state index contributed by atoms with van der Waals surface area (Å²) in [6.45, 7) is 16.9. The Hall–Kier alpha value is -0.420. The number of aliphatic imine (C=N–C) groups is 1. The number of nitrogens with one attached hydrogen (secondary N) is 2. The van der Waals surface area contributed by atoms with Gasteiger partial charge in [0.1, 0.15) is 0 Å². The first-order chi connectivity index (χ1) is 8.99. The summed E-state index contributed by atoms with van der Waals surface area (Å²) >= 11 is 1.85. The van der Waals surface area contributed by atoms with Crippen molar-refractivity contribution in [3.63, 3.8) is 0 Å². The Morgan fingerprint density at radius 3 is 2.26 bits per heavy atom. The van der Waals surface area contributed by atoms with Crippen LogP contribution in [0.15, 0.2) is 4.99 Å². The normalized spacial score (nSPS) is 12.9. The fourth-order valence-electron chi connectivity index (χ4n) is 1.55. The van der Waals surface area contributed by atoms with Gasteiger partial charge in [-0.1, -0.05) is 13.8 Å². The number of rotatable bonds is 9. The van der Waals surface area contributed by atoms with Crippen LogP contribution in [0.2, 0.25) is 0 Å². The van der Waals surface area contributed by atoms with Gasteiger partial charge < -0.3 is 15.5 Å². The molecule has 0 aliphatic rings. The molecule has 0 atom stereocenters. The molecule has 0 radical (unpaired) electrons. The second kappa shape index (κ2) is 10.4. The van der Waals surface area contributed by atoms with Gasteiger partial charge in [-0.15, -0.1) is 0 Å². The zero-order chi connectivity index (χ0) is 14.7. The number of hydrogen-bond acceptors (Lipinski definition) is 3. The fourth-order valence-corrected chi connectivity index (χ4v) is 1.74. The van der Waals surface area contributed by atoms with Crippen LogP contribution in [-0.4, -0.2) is 61.1 Å². The molecule has 0 rings (SSSR count). The number of hydrogen-bond donors (Lipinski definition) is 2. The molecule has 0 saturated heterocycles. The quantitative estimate of drug-likeness (QED) is 0.503. The van der Waals surface area contributed by atoms with Crippen LogP contribution in [0.1, 0.15) is 34.6 Å². The second-order valence-electron chi connectivity index (χ2n) is 5.11. The average molecular weight is 289 g/mol. The molecule has 2 N–H and O–H groups in total. The highest BCUT2D eigenvalue weighted by molar-refractivity contribution is 7.99. The first kappa shape index (κ1) is 18.6. The Bertz CT molecular complexity index is 250. The van der Waals surface area contributed by atoms with Crippen molar-refractivity contribution in [1.29, 1.82) is 0 Å². The van der Waals surface area contributed by atoms with Crippen LogP contribution in [0.25, 0.3) is 0 Å². The zero-order valence-electron chi connectivity index (χ0n) is 13.5. The van der Waals surface area contributed by atoms with Crippen LogP contribution in [0, 0.1) is 0 Å². The maximum absolute atomic E-state index is 4.66. The van der Waals surface area contributed by atoms with Crippen molar-refractivity contribution < 1.29 is 0 Å². The molecule has 0 amide bonds. The minimum atomic E-state index is 0.196. The topological polar surface area (TPSA) is 39.7 Å². The Kier molecular flexibility index (Phi) is 10.1. The molecule has 0 aromatic carbocycles. The van der Waals surface area contributed by atoms with E-state index in [0.717, 1.165) is 45.2 Å². The highest BCUT2D eigenvalue weighted by Gasteiger charge is 2.15. The Morgan fingerprint density at radius 1 is 1.16 bits per heavy atom. The standard InChI is InChI=1S/C14H32N4S/c1-7-15-13(17-12-14(4,5)19-6)16-10-11-18(8-2)9-3/h7-12H2,1-6H3,(H2,15,16,17). The van der Waals surface area contributed by atoms with Gasteiger partial charge in [-0.05, 0) is 40.1 Å². The average Bonchev–Trinajstić information content (AvgIpc) is 2.41. The molecule has 0 aliphatic heterocycles. The van der Waals surface area contributed by atoms with Crippen LogP contribution in [0.3, 0.4) is 0 Å². The Labute approximate surface area is 123 Å². The monoisotopic (exact) mass is 288 g/mol. The molecular weight excluding hydrogens is 256 g/mol. The lowest BCUT2D eigenvalue weighted by molar-refractivity contribution is 0.308. The summed E-state index contributed by atoms with van der Waals surface area (Å²) in [6, 6.07) is 0. The van der Waals surface area contributed by atoms with Crippen LogP contribution < -0.4 is 10.6 Å². The number of guanidine groups is 1. The van der Waals surface area contributed by atoms with E-state index in [4.69, 9.17) is 0 Å². The molecule has 0 spiro atoms. The van der Waals surface area contributed by atoms with Gasteiger partial charge in [0.05, 0.1) is 6.54 Å². The van der Waals surface area contributed by atoms with Crippen LogP contribution in [0.5, 0.6) is 0 Å². The third-order valence-corrected chi connectivity index (χ3v) is 4.36. The van der Waals surface area contributed by atoms with Gasteiger partial charge in [0, 0.05) is 24.4 Å². The lowest BCUT2D eigenvalue weighted by Gasteiger charge is -2.21. The minimum Gasteiger partial charge on any atom is -0.357 e. The van der Waals surface area contributed by atoms with Gasteiger partial charge in [-0.2, -0.15) is 11.8 Å². The number of nitrogens with zero attached hydrogens (tertiary/aromatic N) is 2. The van der Waals surface area contributed by atoms with E-state index in [1.807, 2.05) is 11.8 Å². The molecule has 0 bridgehead atoms. The molecule has 4 nitrogen and oxygen atoms in total. The molecule has 0 fully saturated rings. The van der Waals surface area contributed by atoms with Crippen molar-refractivity contribution in [3.8, 4) is 0 Å². The van der Waals surface area contributed by atoms with Crippen molar-refractivity contribution in [2.75, 3.05) is 45.5 Å². The molecular formula is C14H32N4S. The molecule has 0 unspecified atom stereocenters. The minimum absolute atomic E-state index is 0.196. The fraction of sp³-hybridized carbons (Fsp3) is 0.929. The van der Waals surface area contributed by atoms with Crippen molar-refractivity contribution in [2.45, 2.75) is 39.4 Å². The zero-order valence-corrected chi connectivity index (χ0v) is 14.4. The molecule has 0 aromatic rings. The maximum atomic E-state index is 4.66. The first-order valence-electron chi connectivity index (χ1n) is 7.28. The summed E-state index contributed by atoms with van der Waals surface area (Å²) in [4.78, 5) is 7.06. The predicted octanol–water partition coefficient (Wildman–Crippen LogP) is 2.02. The van der Waals surface area contributed by atoms with E-state index in [0.29, 0.717) is 0 Å². The molecule has 0 heterocycles. The van der Waals surface area contributed by atoms with E-state index in [-0.39, 0.29) is 4.75 Å². The van der Waals surface area contributed by atoms with Crippen molar-refractivity contribution in [3.05, 3.63) is 0 Å². The van der Waals surface area contributed by atoms with E-state index < -0.39 is 0 Å². The summed E-state index contributed by atoms with van der Waals surface area (Å²) < 4.78 is 0.196. The third-order valence-electron chi connectivity index (χ3n) is 3.13. The summed E-state index contributed by atoms with van der Waals surface area (Å²) in [5.41, 5.74) is 0. The lowest BCUT2D eigenvalue weighted by atomic mass is 10.2. The van der Waals surface area contributed by atoms with E-state index in [1.54, 1.807) is 0 Å². The number of thioether (sulfide) groups is 1. The maximum Gasteiger partial charge on any atom is 0.191 e. The van der Waals surface area contributed by atoms with Gasteiger partial charge in [0.2, 0.25) is 0 Å². The van der Waals surface area contributed by atoms with Gasteiger partial charge in [0.15, 0.2) is 5.96 Å². The molecule has 5 heteroatoms. The Balaban J connectivity index is 4.21. The molecule has 0 aromatic heterocycles. The smallest absolute Gasteiger partial charge is 0.191 e. The highest BCUT2D eigenvalue weighted by atomic mass is 32.2. The van der Waals surface area contributed by atoms with Crippen LogP contribution in [-0.2, 0) is 0 Å². The summed E-state index contributed by atoms with van der Waals surface area (Å²) in [5, 5.41) is 6.70. The number of likely N-dealkylation sites (N-methyl/N-ethyl adjacent to an activating group) is 1. The third kappa shape index (κ3) is 9.16. The van der Waals surface area contributed by atoms with Crippen molar-refractivity contribution >= 4 is 17.7 Å². The van der Waals surface area contributed by atoms with Gasteiger partial charge in [-0.25, -0.2) is 0 Å². The van der Waals surface area contributed by atoms with Gasteiger partial charge >= 0.3 is 0 Å². The predicted molar refractivity (Wildman–Crippen MR) is 89.4 cm³/mol. The molecule has 19 heavy (non-hydrogen) atoms. The van der Waals surface area contributed by atoms with Gasteiger partial charge in [-0.3, -0.25) is 4.99 Å². The van der Waals surface area contributed by atoms with E-state index >= 15 is 0 Å². The summed E-state index contributed by atoms with van der Waals surface area (Å²) in [6.07, 6.45) is 2.14. The van der Waals surface area contributed by atoms with Crippen molar-refractivity contribution in [1.82, 2.24) is 15.5 Å². The second-order valence-corrected chi connectivity index (χ2v) is 6.63. The Morgan fingerprint density at radius 2 is 1.79 bits per heavy atom. The lowest BCUT2D eigenvalue weighted by Crippen LogP contribution is -2.42.